The molecule has 1 saturated heterocycles. The molecule has 1 N–H and O–H groups in total. The quantitative estimate of drug-likeness (QED) is 0.815. The van der Waals surface area contributed by atoms with Crippen molar-refractivity contribution in [1.82, 2.24) is 9.80 Å². The molecule has 2 amide bonds. The predicted octanol–water partition coefficient (Wildman–Crippen LogP) is 1.63. The molecule has 5 heteroatoms. The number of amides is 2. The normalized spacial score (nSPS) is 23.8. The van der Waals surface area contributed by atoms with Crippen molar-refractivity contribution < 1.29 is 14.7 Å². The maximum Gasteiger partial charge on any atom is 0.319 e. The number of carbonyl (C=O) groups is 2. The van der Waals surface area contributed by atoms with Crippen LogP contribution in [0.5, 0.6) is 0 Å². The van der Waals surface area contributed by atoms with E-state index < -0.39 is 11.4 Å². The number of hydrogen-bond acceptors (Lipinski definition) is 2. The van der Waals surface area contributed by atoms with Gasteiger partial charge in [0.15, 0.2) is 0 Å². The molecule has 0 aromatic rings. The van der Waals surface area contributed by atoms with E-state index in [1.807, 2.05) is 13.8 Å². The van der Waals surface area contributed by atoms with Crippen molar-refractivity contribution in [2.75, 3.05) is 26.7 Å². The number of likely N-dealkylation sites (tertiary alicyclic amines) is 1. The minimum atomic E-state index is -0.770. The molecule has 1 fully saturated rings. The second-order valence-corrected chi connectivity index (χ2v) is 4.80. The Labute approximate surface area is 102 Å². The summed E-state index contributed by atoms with van der Waals surface area (Å²) in [5.74, 6) is -0.770. The molecule has 0 spiro atoms. The molecular weight excluding hydrogens is 220 g/mol. The van der Waals surface area contributed by atoms with Crippen LogP contribution in [0.2, 0.25) is 0 Å². The highest BCUT2D eigenvalue weighted by molar-refractivity contribution is 5.79. The highest BCUT2D eigenvalue weighted by Gasteiger charge is 2.45. The van der Waals surface area contributed by atoms with Crippen LogP contribution >= 0.6 is 0 Å². The summed E-state index contributed by atoms with van der Waals surface area (Å²) in [6.45, 7) is 5.43. The van der Waals surface area contributed by atoms with Crippen molar-refractivity contribution in [2.24, 2.45) is 5.41 Å². The number of aliphatic carboxylic acids is 1. The summed E-state index contributed by atoms with van der Waals surface area (Å²) in [6, 6.07) is -0.0632. The van der Waals surface area contributed by atoms with Crippen LogP contribution in [0.3, 0.4) is 0 Å². The number of carboxylic acids is 1. The lowest BCUT2D eigenvalue weighted by molar-refractivity contribution is -0.148. The van der Waals surface area contributed by atoms with Gasteiger partial charge in [0, 0.05) is 26.7 Å². The smallest absolute Gasteiger partial charge is 0.319 e. The Morgan fingerprint density at radius 1 is 1.41 bits per heavy atom. The molecule has 0 radical (unpaired) electrons. The van der Waals surface area contributed by atoms with Gasteiger partial charge in [-0.3, -0.25) is 4.79 Å². The first-order valence-electron chi connectivity index (χ1n) is 6.20. The second-order valence-electron chi connectivity index (χ2n) is 4.80. The Balaban J connectivity index is 2.73. The van der Waals surface area contributed by atoms with Crippen molar-refractivity contribution in [3.8, 4) is 0 Å². The zero-order chi connectivity index (χ0) is 13.1. The van der Waals surface area contributed by atoms with E-state index in [1.165, 1.54) is 0 Å². The van der Waals surface area contributed by atoms with E-state index in [9.17, 15) is 14.7 Å². The van der Waals surface area contributed by atoms with Crippen molar-refractivity contribution in [3.05, 3.63) is 0 Å². The number of nitrogens with zero attached hydrogens (tertiary/aromatic N) is 2. The lowest BCUT2D eigenvalue weighted by Crippen LogP contribution is -2.42. The van der Waals surface area contributed by atoms with Gasteiger partial charge < -0.3 is 14.9 Å². The first-order chi connectivity index (χ1) is 7.96. The molecule has 1 heterocycles. The summed E-state index contributed by atoms with van der Waals surface area (Å²) < 4.78 is 0. The van der Waals surface area contributed by atoms with Crippen LogP contribution in [0, 0.1) is 5.41 Å². The maximum atomic E-state index is 11.9. The Hall–Kier alpha value is -1.26. The van der Waals surface area contributed by atoms with Crippen LogP contribution in [0.15, 0.2) is 0 Å². The number of hydrogen-bond donors (Lipinski definition) is 1. The summed E-state index contributed by atoms with van der Waals surface area (Å²) in [5.41, 5.74) is -0.723. The lowest BCUT2D eigenvalue weighted by Gasteiger charge is -2.26. The fourth-order valence-corrected chi connectivity index (χ4v) is 2.38. The van der Waals surface area contributed by atoms with Crippen molar-refractivity contribution in [1.29, 1.82) is 0 Å². The summed E-state index contributed by atoms with van der Waals surface area (Å²) in [6.07, 6.45) is 2.04. The first kappa shape index (κ1) is 13.8. The van der Waals surface area contributed by atoms with Crippen LogP contribution in [0.1, 0.15) is 33.1 Å². The highest BCUT2D eigenvalue weighted by Crippen LogP contribution is 2.35. The molecular formula is C12H22N2O3. The molecule has 0 aromatic heterocycles. The Bertz CT molecular complexity index is 306. The van der Waals surface area contributed by atoms with Crippen LogP contribution in [0.25, 0.3) is 0 Å². The molecule has 5 nitrogen and oxygen atoms in total. The Morgan fingerprint density at radius 3 is 2.53 bits per heavy atom. The largest absolute Gasteiger partial charge is 0.481 e. The Morgan fingerprint density at radius 2 is 2.06 bits per heavy atom. The van der Waals surface area contributed by atoms with Crippen molar-refractivity contribution >= 4 is 12.0 Å². The fourth-order valence-electron chi connectivity index (χ4n) is 2.38. The Kier molecular flexibility index (Phi) is 4.37. The minimum Gasteiger partial charge on any atom is -0.481 e. The topological polar surface area (TPSA) is 60.9 Å². The average molecular weight is 242 g/mol. The molecule has 1 aliphatic rings. The monoisotopic (exact) mass is 242 g/mol. The summed E-state index contributed by atoms with van der Waals surface area (Å²) in [5, 5.41) is 9.34. The van der Waals surface area contributed by atoms with Gasteiger partial charge in [-0.1, -0.05) is 13.3 Å². The van der Waals surface area contributed by atoms with E-state index >= 15 is 0 Å². The van der Waals surface area contributed by atoms with Crippen LogP contribution in [0.4, 0.5) is 4.79 Å². The number of carboxylic acid groups (broad SMARTS) is 1. The van der Waals surface area contributed by atoms with Gasteiger partial charge in [0.1, 0.15) is 0 Å². The second kappa shape index (κ2) is 5.38. The number of carbonyl (C=O) groups excluding carboxylic acids is 1. The van der Waals surface area contributed by atoms with Gasteiger partial charge in [-0.2, -0.15) is 0 Å². The van der Waals surface area contributed by atoms with E-state index in [2.05, 4.69) is 0 Å². The fraction of sp³-hybridized carbons (Fsp3) is 0.833. The maximum absolute atomic E-state index is 11.9. The number of rotatable bonds is 4. The standard InChI is InChI=1S/C12H22N2O3/c1-4-6-12(10(15)16)7-8-14(9-12)11(17)13(3)5-2/h4-9H2,1-3H3,(H,15,16). The molecule has 1 atom stereocenters. The van der Waals surface area contributed by atoms with Gasteiger partial charge in [-0.25, -0.2) is 4.79 Å². The molecule has 0 aromatic carbocycles. The molecule has 0 aliphatic carbocycles. The van der Waals surface area contributed by atoms with Crippen LogP contribution in [-0.2, 0) is 4.79 Å². The number of urea groups is 1. The molecule has 17 heavy (non-hydrogen) atoms. The van der Waals surface area contributed by atoms with Gasteiger partial charge in [0.2, 0.25) is 0 Å². The van der Waals surface area contributed by atoms with Crippen LogP contribution in [-0.4, -0.2) is 53.6 Å². The molecule has 1 rings (SSSR count). The first-order valence-corrected chi connectivity index (χ1v) is 6.20. The predicted molar refractivity (Wildman–Crippen MR) is 64.9 cm³/mol. The zero-order valence-electron chi connectivity index (χ0n) is 10.9. The zero-order valence-corrected chi connectivity index (χ0v) is 10.9. The summed E-state index contributed by atoms with van der Waals surface area (Å²) in [4.78, 5) is 26.6. The summed E-state index contributed by atoms with van der Waals surface area (Å²) in [7, 11) is 1.74. The van der Waals surface area contributed by atoms with E-state index in [1.54, 1.807) is 16.8 Å². The molecule has 1 unspecified atom stereocenters. The summed E-state index contributed by atoms with van der Waals surface area (Å²) >= 11 is 0. The van der Waals surface area contributed by atoms with Crippen molar-refractivity contribution in [2.45, 2.75) is 33.1 Å². The molecule has 1 aliphatic heterocycles. The molecule has 0 bridgehead atoms. The van der Waals surface area contributed by atoms with E-state index in [0.29, 0.717) is 32.5 Å². The SMILES string of the molecule is CCCC1(C(=O)O)CCN(C(=O)N(C)CC)C1. The van der Waals surface area contributed by atoms with Crippen molar-refractivity contribution in [3.63, 3.8) is 0 Å². The average Bonchev–Trinajstić information content (AvgIpc) is 2.73. The lowest BCUT2D eigenvalue weighted by atomic mass is 9.83. The van der Waals surface area contributed by atoms with Gasteiger partial charge in [0.05, 0.1) is 5.41 Å². The van der Waals surface area contributed by atoms with E-state index in [0.717, 1.165) is 6.42 Å². The van der Waals surface area contributed by atoms with Gasteiger partial charge in [-0.05, 0) is 19.8 Å². The van der Waals surface area contributed by atoms with E-state index in [4.69, 9.17) is 0 Å². The van der Waals surface area contributed by atoms with Gasteiger partial charge >= 0.3 is 12.0 Å². The third-order valence-electron chi connectivity index (χ3n) is 3.61. The molecule has 0 saturated carbocycles. The van der Waals surface area contributed by atoms with E-state index in [-0.39, 0.29) is 6.03 Å². The highest BCUT2D eigenvalue weighted by atomic mass is 16.4. The third-order valence-corrected chi connectivity index (χ3v) is 3.61. The van der Waals surface area contributed by atoms with Crippen LogP contribution < -0.4 is 0 Å². The minimum absolute atomic E-state index is 0.0632. The van der Waals surface area contributed by atoms with Gasteiger partial charge in [0.25, 0.3) is 0 Å². The van der Waals surface area contributed by atoms with Gasteiger partial charge in [-0.15, -0.1) is 0 Å². The molecule has 98 valence electrons. The third kappa shape index (κ3) is 2.70.